The zero-order valence-corrected chi connectivity index (χ0v) is 13.2. The summed E-state index contributed by atoms with van der Waals surface area (Å²) >= 11 is 0. The maximum Gasteiger partial charge on any atom is 0.142 e. The van der Waals surface area contributed by atoms with E-state index in [1.54, 1.807) is 0 Å². The van der Waals surface area contributed by atoms with Crippen LogP contribution in [0.4, 0.5) is 5.69 Å². The summed E-state index contributed by atoms with van der Waals surface area (Å²) in [6.45, 7) is 6.34. The van der Waals surface area contributed by atoms with Crippen molar-refractivity contribution in [2.24, 2.45) is 5.92 Å². The molecule has 21 heavy (non-hydrogen) atoms. The van der Waals surface area contributed by atoms with Crippen LogP contribution in [0.5, 0.6) is 5.75 Å². The normalized spacial score (nSPS) is 20.7. The van der Waals surface area contributed by atoms with E-state index in [4.69, 9.17) is 4.74 Å². The Morgan fingerprint density at radius 1 is 1.24 bits per heavy atom. The van der Waals surface area contributed by atoms with E-state index in [2.05, 4.69) is 41.4 Å². The molecule has 3 nitrogen and oxygen atoms in total. The van der Waals surface area contributed by atoms with Gasteiger partial charge in [-0.1, -0.05) is 31.9 Å². The van der Waals surface area contributed by atoms with Gasteiger partial charge in [-0.25, -0.2) is 0 Å². The van der Waals surface area contributed by atoms with Gasteiger partial charge < -0.3 is 15.0 Å². The molecule has 1 aromatic rings. The summed E-state index contributed by atoms with van der Waals surface area (Å²) in [6, 6.07) is 9.12. The van der Waals surface area contributed by atoms with Crippen LogP contribution in [-0.2, 0) is 0 Å². The molecule has 0 bridgehead atoms. The lowest BCUT2D eigenvalue weighted by atomic mass is 9.97. The van der Waals surface area contributed by atoms with Crippen LogP contribution in [0.15, 0.2) is 24.3 Å². The summed E-state index contributed by atoms with van der Waals surface area (Å²) in [5, 5.41) is 3.74. The van der Waals surface area contributed by atoms with Gasteiger partial charge in [0.1, 0.15) is 5.75 Å². The topological polar surface area (TPSA) is 24.5 Å². The van der Waals surface area contributed by atoms with E-state index in [1.807, 2.05) is 0 Å². The third kappa shape index (κ3) is 3.52. The van der Waals surface area contributed by atoms with E-state index in [0.29, 0.717) is 6.04 Å². The van der Waals surface area contributed by atoms with E-state index >= 15 is 0 Å². The lowest BCUT2D eigenvalue weighted by Gasteiger charge is -2.32. The Morgan fingerprint density at radius 3 is 2.86 bits per heavy atom. The molecule has 0 aromatic heterocycles. The highest BCUT2D eigenvalue weighted by Gasteiger charge is 2.27. The molecule has 3 rings (SSSR count). The second-order valence-corrected chi connectivity index (χ2v) is 6.32. The monoisotopic (exact) mass is 288 g/mol. The molecule has 0 saturated heterocycles. The number of nitrogens with zero attached hydrogens (tertiary/aromatic N) is 1. The number of benzene rings is 1. The maximum absolute atomic E-state index is 5.88. The Kier molecular flexibility index (Phi) is 5.02. The summed E-state index contributed by atoms with van der Waals surface area (Å²) in [5.74, 6) is 1.90. The van der Waals surface area contributed by atoms with Gasteiger partial charge in [0, 0.05) is 19.1 Å². The molecule has 1 unspecified atom stereocenters. The average Bonchev–Trinajstić information content (AvgIpc) is 2.97. The Bertz CT molecular complexity index is 443. The fourth-order valence-electron chi connectivity index (χ4n) is 3.83. The first-order valence-corrected chi connectivity index (χ1v) is 8.58. The van der Waals surface area contributed by atoms with Crippen molar-refractivity contribution in [1.29, 1.82) is 0 Å². The first-order chi connectivity index (χ1) is 10.4. The van der Waals surface area contributed by atoms with Gasteiger partial charge >= 0.3 is 0 Å². The van der Waals surface area contributed by atoms with Crippen molar-refractivity contribution in [3.8, 4) is 5.75 Å². The number of hydrogen-bond acceptors (Lipinski definition) is 3. The SMILES string of the molecule is CCNC(CN1CCCOc2ccccc21)C1CCCC1. The first-order valence-electron chi connectivity index (χ1n) is 8.58. The van der Waals surface area contributed by atoms with E-state index in [9.17, 15) is 0 Å². The van der Waals surface area contributed by atoms with Gasteiger partial charge in [0.05, 0.1) is 12.3 Å². The molecule has 1 aliphatic heterocycles. The number of hydrogen-bond donors (Lipinski definition) is 1. The third-order valence-electron chi connectivity index (χ3n) is 4.89. The molecule has 0 amide bonds. The summed E-state index contributed by atoms with van der Waals surface area (Å²) in [6.07, 6.45) is 6.71. The van der Waals surface area contributed by atoms with Gasteiger partial charge in [-0.2, -0.15) is 0 Å². The van der Waals surface area contributed by atoms with Crippen molar-refractivity contribution >= 4 is 5.69 Å². The highest BCUT2D eigenvalue weighted by molar-refractivity contribution is 5.59. The van der Waals surface area contributed by atoms with E-state index < -0.39 is 0 Å². The number of nitrogens with one attached hydrogen (secondary N) is 1. The van der Waals surface area contributed by atoms with Crippen molar-refractivity contribution in [3.63, 3.8) is 0 Å². The Morgan fingerprint density at radius 2 is 2.05 bits per heavy atom. The van der Waals surface area contributed by atoms with Crippen LogP contribution in [-0.4, -0.2) is 32.3 Å². The van der Waals surface area contributed by atoms with Crippen molar-refractivity contribution < 1.29 is 4.74 Å². The smallest absolute Gasteiger partial charge is 0.142 e. The van der Waals surface area contributed by atoms with Crippen LogP contribution < -0.4 is 15.0 Å². The van der Waals surface area contributed by atoms with Gasteiger partial charge in [-0.05, 0) is 43.9 Å². The number of ether oxygens (including phenoxy) is 1. The molecular weight excluding hydrogens is 260 g/mol. The minimum atomic E-state index is 0.614. The van der Waals surface area contributed by atoms with E-state index in [-0.39, 0.29) is 0 Å². The third-order valence-corrected chi connectivity index (χ3v) is 4.89. The van der Waals surface area contributed by atoms with Crippen LogP contribution in [0.2, 0.25) is 0 Å². The van der Waals surface area contributed by atoms with E-state index in [0.717, 1.165) is 44.3 Å². The maximum atomic E-state index is 5.88. The fourth-order valence-corrected chi connectivity index (χ4v) is 3.83. The van der Waals surface area contributed by atoms with Crippen LogP contribution >= 0.6 is 0 Å². The molecule has 0 spiro atoms. The van der Waals surface area contributed by atoms with Crippen LogP contribution in [0, 0.1) is 5.92 Å². The van der Waals surface area contributed by atoms with Crippen LogP contribution in [0.3, 0.4) is 0 Å². The molecule has 2 aliphatic rings. The molecule has 1 fully saturated rings. The molecule has 1 aliphatic carbocycles. The summed E-state index contributed by atoms with van der Waals surface area (Å²) in [4.78, 5) is 2.54. The number of anilines is 1. The van der Waals surface area contributed by atoms with Crippen LogP contribution in [0.1, 0.15) is 39.0 Å². The van der Waals surface area contributed by atoms with Gasteiger partial charge in [-0.3, -0.25) is 0 Å². The predicted molar refractivity (Wildman–Crippen MR) is 88.2 cm³/mol. The summed E-state index contributed by atoms with van der Waals surface area (Å²) in [5.41, 5.74) is 1.27. The number of para-hydroxylation sites is 2. The molecule has 1 N–H and O–H groups in total. The Hall–Kier alpha value is -1.22. The first kappa shape index (κ1) is 14.7. The number of fused-ring (bicyclic) bond motifs is 1. The molecule has 3 heteroatoms. The van der Waals surface area contributed by atoms with Gasteiger partial charge in [0.15, 0.2) is 0 Å². The van der Waals surface area contributed by atoms with Crippen molar-refractivity contribution in [1.82, 2.24) is 5.32 Å². The Labute approximate surface area is 128 Å². The molecular formula is C18H28N2O. The molecule has 1 heterocycles. The van der Waals surface area contributed by atoms with E-state index in [1.165, 1.54) is 31.4 Å². The minimum Gasteiger partial charge on any atom is -0.491 e. The number of likely N-dealkylation sites (N-methyl/N-ethyl adjacent to an activating group) is 1. The van der Waals surface area contributed by atoms with Crippen molar-refractivity contribution in [3.05, 3.63) is 24.3 Å². The lowest BCUT2D eigenvalue weighted by Crippen LogP contribution is -2.45. The Balaban J connectivity index is 1.75. The van der Waals surface area contributed by atoms with Crippen molar-refractivity contribution in [2.45, 2.75) is 45.1 Å². The number of rotatable bonds is 5. The molecule has 1 atom stereocenters. The standard InChI is InChI=1S/C18H28N2O/c1-2-19-16(15-8-3-4-9-15)14-20-12-7-13-21-18-11-6-5-10-17(18)20/h5-6,10-11,15-16,19H,2-4,7-9,12-14H2,1H3. The average molecular weight is 288 g/mol. The second kappa shape index (κ2) is 7.17. The van der Waals surface area contributed by atoms with Gasteiger partial charge in [0.2, 0.25) is 0 Å². The largest absolute Gasteiger partial charge is 0.491 e. The van der Waals surface area contributed by atoms with Crippen LogP contribution in [0.25, 0.3) is 0 Å². The van der Waals surface area contributed by atoms with Gasteiger partial charge in [0.25, 0.3) is 0 Å². The summed E-state index contributed by atoms with van der Waals surface area (Å²) < 4.78 is 5.88. The molecule has 0 radical (unpaired) electrons. The quantitative estimate of drug-likeness (QED) is 0.898. The molecule has 1 saturated carbocycles. The molecule has 1 aromatic carbocycles. The lowest BCUT2D eigenvalue weighted by molar-refractivity contribution is 0.321. The minimum absolute atomic E-state index is 0.614. The van der Waals surface area contributed by atoms with Crippen molar-refractivity contribution in [2.75, 3.05) is 31.1 Å². The molecule has 116 valence electrons. The fraction of sp³-hybridized carbons (Fsp3) is 0.667. The zero-order valence-electron chi connectivity index (χ0n) is 13.2. The second-order valence-electron chi connectivity index (χ2n) is 6.32. The highest BCUT2D eigenvalue weighted by atomic mass is 16.5. The van der Waals surface area contributed by atoms with Gasteiger partial charge in [-0.15, -0.1) is 0 Å². The summed E-state index contributed by atoms with van der Waals surface area (Å²) in [7, 11) is 0. The zero-order chi connectivity index (χ0) is 14.5. The predicted octanol–water partition coefficient (Wildman–Crippen LogP) is 3.44. The highest BCUT2D eigenvalue weighted by Crippen LogP contribution is 2.33.